The van der Waals surface area contributed by atoms with Crippen LogP contribution in [0.1, 0.15) is 41.4 Å². The minimum Gasteiger partial charge on any atom is -0.354 e. The van der Waals surface area contributed by atoms with E-state index in [-0.39, 0.29) is 5.91 Å². The quantitative estimate of drug-likeness (QED) is 0.711. The summed E-state index contributed by atoms with van der Waals surface area (Å²) in [6, 6.07) is 12.1. The normalized spacial score (nSPS) is 17.0. The largest absolute Gasteiger partial charge is 0.354 e. The topological polar surface area (TPSA) is 58.1 Å². The lowest BCUT2D eigenvalue weighted by molar-refractivity contribution is 0.0684. The number of hydrogen-bond acceptors (Lipinski definition) is 4. The van der Waals surface area contributed by atoms with E-state index in [1.165, 1.54) is 6.42 Å². The first-order chi connectivity index (χ1) is 13.5. The molecule has 1 amide bonds. The Morgan fingerprint density at radius 1 is 1.21 bits per heavy atom. The van der Waals surface area contributed by atoms with Crippen molar-refractivity contribution >= 4 is 28.3 Å². The molecule has 0 saturated carbocycles. The van der Waals surface area contributed by atoms with Crippen LogP contribution in [0.4, 0.5) is 11.4 Å². The zero-order valence-corrected chi connectivity index (χ0v) is 16.7. The molecule has 1 fully saturated rings. The molecular weight excluding hydrogens is 348 g/mol. The average molecular weight is 374 g/mol. The third kappa shape index (κ3) is 3.70. The van der Waals surface area contributed by atoms with Crippen molar-refractivity contribution in [3.05, 3.63) is 59.4 Å². The Labute approximate surface area is 165 Å². The van der Waals surface area contributed by atoms with Crippen molar-refractivity contribution in [2.75, 3.05) is 18.4 Å². The van der Waals surface area contributed by atoms with E-state index in [9.17, 15) is 4.79 Å². The van der Waals surface area contributed by atoms with Gasteiger partial charge in [0.05, 0.1) is 11.3 Å². The van der Waals surface area contributed by atoms with Crippen LogP contribution >= 0.6 is 0 Å². The molecule has 144 valence electrons. The van der Waals surface area contributed by atoms with E-state index in [1.807, 2.05) is 36.1 Å². The average Bonchev–Trinajstić information content (AvgIpc) is 2.67. The molecule has 1 N–H and O–H groups in total. The Hall–Kier alpha value is -2.95. The minimum atomic E-state index is 0.0386. The van der Waals surface area contributed by atoms with Crippen molar-refractivity contribution in [2.24, 2.45) is 5.92 Å². The summed E-state index contributed by atoms with van der Waals surface area (Å²) >= 11 is 0. The van der Waals surface area contributed by atoms with Crippen LogP contribution in [0.5, 0.6) is 0 Å². The number of likely N-dealkylation sites (tertiary alicyclic amines) is 1. The predicted molar refractivity (Wildman–Crippen MR) is 113 cm³/mol. The number of pyridine rings is 2. The van der Waals surface area contributed by atoms with Crippen molar-refractivity contribution in [2.45, 2.75) is 33.6 Å². The van der Waals surface area contributed by atoms with E-state index >= 15 is 0 Å². The van der Waals surface area contributed by atoms with Crippen LogP contribution in [0.3, 0.4) is 0 Å². The molecular formula is C23H26N4O. The van der Waals surface area contributed by atoms with Crippen LogP contribution in [0.2, 0.25) is 0 Å². The molecule has 0 aliphatic carbocycles. The molecule has 3 aromatic rings. The minimum absolute atomic E-state index is 0.0386. The van der Waals surface area contributed by atoms with Crippen molar-refractivity contribution in [1.29, 1.82) is 0 Å². The lowest BCUT2D eigenvalue weighted by atomic mass is 9.99. The lowest BCUT2D eigenvalue weighted by Gasteiger charge is -2.31. The molecule has 0 radical (unpaired) electrons. The van der Waals surface area contributed by atoms with E-state index in [4.69, 9.17) is 0 Å². The summed E-state index contributed by atoms with van der Waals surface area (Å²) in [5, 5.41) is 4.34. The number of rotatable bonds is 3. The summed E-state index contributed by atoms with van der Waals surface area (Å²) in [6.07, 6.45) is 3.90. The molecule has 1 saturated heterocycles. The van der Waals surface area contributed by atoms with Gasteiger partial charge in [0.25, 0.3) is 5.91 Å². The highest BCUT2D eigenvalue weighted by molar-refractivity contribution is 6.07. The molecule has 4 rings (SSSR count). The number of benzene rings is 1. The van der Waals surface area contributed by atoms with Gasteiger partial charge in [0, 0.05) is 36.1 Å². The van der Waals surface area contributed by atoms with Gasteiger partial charge in [-0.15, -0.1) is 0 Å². The Bertz CT molecular complexity index is 1030. The Kier molecular flexibility index (Phi) is 4.99. The van der Waals surface area contributed by atoms with Crippen molar-refractivity contribution < 1.29 is 4.79 Å². The lowest BCUT2D eigenvalue weighted by Crippen LogP contribution is -2.39. The first-order valence-corrected chi connectivity index (χ1v) is 9.90. The second-order valence-electron chi connectivity index (χ2n) is 7.86. The molecule has 3 heterocycles. The Morgan fingerprint density at radius 2 is 2.07 bits per heavy atom. The molecule has 5 nitrogen and oxygen atoms in total. The molecule has 1 aromatic carbocycles. The highest BCUT2D eigenvalue weighted by Gasteiger charge is 2.25. The second kappa shape index (κ2) is 7.58. The number of aryl methyl sites for hydroxylation is 2. The molecule has 5 heteroatoms. The molecule has 28 heavy (non-hydrogen) atoms. The third-order valence-corrected chi connectivity index (χ3v) is 5.33. The van der Waals surface area contributed by atoms with Crippen LogP contribution in [-0.2, 0) is 0 Å². The molecule has 1 aliphatic rings. The van der Waals surface area contributed by atoms with Gasteiger partial charge in [0.1, 0.15) is 0 Å². The second-order valence-corrected chi connectivity index (χ2v) is 7.86. The van der Waals surface area contributed by atoms with Crippen LogP contribution in [0.25, 0.3) is 11.0 Å². The van der Waals surface area contributed by atoms with Crippen molar-refractivity contribution in [1.82, 2.24) is 14.9 Å². The number of nitrogens with one attached hydrogen (secondary N) is 1. The Morgan fingerprint density at radius 3 is 2.86 bits per heavy atom. The van der Waals surface area contributed by atoms with Gasteiger partial charge in [-0.3, -0.25) is 4.79 Å². The molecule has 1 atom stereocenters. The van der Waals surface area contributed by atoms with Gasteiger partial charge >= 0.3 is 0 Å². The fourth-order valence-electron chi connectivity index (χ4n) is 3.88. The molecule has 0 spiro atoms. The number of carbonyl (C=O) groups excluding carboxylic acids is 1. The van der Waals surface area contributed by atoms with Gasteiger partial charge in [-0.2, -0.15) is 0 Å². The number of hydrogen-bond donors (Lipinski definition) is 1. The number of carbonyl (C=O) groups is 1. The maximum absolute atomic E-state index is 13.4. The fraction of sp³-hybridized carbons (Fsp3) is 0.348. The SMILES string of the molecule is Cc1cccc(Nc2c(C(=O)N3CCCC(C)C3)cnc3nc(C)ccc23)c1. The zero-order valence-electron chi connectivity index (χ0n) is 16.7. The number of amides is 1. The number of piperidine rings is 1. The number of aromatic nitrogens is 2. The van der Waals surface area contributed by atoms with Crippen LogP contribution < -0.4 is 5.32 Å². The maximum atomic E-state index is 13.4. The zero-order chi connectivity index (χ0) is 19.7. The first-order valence-electron chi connectivity index (χ1n) is 9.90. The monoisotopic (exact) mass is 374 g/mol. The number of nitrogens with zero attached hydrogens (tertiary/aromatic N) is 3. The van der Waals surface area contributed by atoms with Gasteiger partial charge in [0.2, 0.25) is 0 Å². The fourth-order valence-corrected chi connectivity index (χ4v) is 3.88. The van der Waals surface area contributed by atoms with Crippen LogP contribution in [0, 0.1) is 19.8 Å². The van der Waals surface area contributed by atoms with Gasteiger partial charge in [-0.1, -0.05) is 19.1 Å². The summed E-state index contributed by atoms with van der Waals surface area (Å²) in [5.74, 6) is 0.570. The van der Waals surface area contributed by atoms with E-state index in [0.29, 0.717) is 17.1 Å². The van der Waals surface area contributed by atoms with E-state index in [0.717, 1.165) is 47.5 Å². The molecule has 0 bridgehead atoms. The molecule has 2 aromatic heterocycles. The highest BCUT2D eigenvalue weighted by atomic mass is 16.2. The maximum Gasteiger partial charge on any atom is 0.257 e. The number of fused-ring (bicyclic) bond motifs is 1. The summed E-state index contributed by atoms with van der Waals surface area (Å²) in [5.41, 5.74) is 5.06. The standard InChI is InChI=1S/C23H26N4O/c1-15-6-4-8-18(12-15)26-21-19-10-9-17(3)25-22(19)24-13-20(21)23(28)27-11-5-7-16(2)14-27/h4,6,8-10,12-13,16H,5,7,11,14H2,1-3H3,(H,24,25,26). The predicted octanol–water partition coefficient (Wildman–Crippen LogP) is 4.86. The Balaban J connectivity index is 1.80. The van der Waals surface area contributed by atoms with Gasteiger partial charge in [0.15, 0.2) is 5.65 Å². The van der Waals surface area contributed by atoms with Gasteiger partial charge in [-0.05, 0) is 62.4 Å². The summed E-state index contributed by atoms with van der Waals surface area (Å²) in [4.78, 5) is 24.4. The van der Waals surface area contributed by atoms with Gasteiger partial charge < -0.3 is 10.2 Å². The highest BCUT2D eigenvalue weighted by Crippen LogP contribution is 2.31. The van der Waals surface area contributed by atoms with Crippen molar-refractivity contribution in [3.8, 4) is 0 Å². The van der Waals surface area contributed by atoms with E-state index < -0.39 is 0 Å². The summed E-state index contributed by atoms with van der Waals surface area (Å²) in [6.45, 7) is 7.81. The molecule has 1 unspecified atom stereocenters. The summed E-state index contributed by atoms with van der Waals surface area (Å²) in [7, 11) is 0. The van der Waals surface area contributed by atoms with Crippen LogP contribution in [0.15, 0.2) is 42.6 Å². The van der Waals surface area contributed by atoms with E-state index in [2.05, 4.69) is 41.3 Å². The van der Waals surface area contributed by atoms with Crippen LogP contribution in [-0.4, -0.2) is 33.9 Å². The van der Waals surface area contributed by atoms with E-state index in [1.54, 1.807) is 6.20 Å². The number of anilines is 2. The smallest absolute Gasteiger partial charge is 0.257 e. The van der Waals surface area contributed by atoms with Gasteiger partial charge in [-0.25, -0.2) is 9.97 Å². The summed E-state index contributed by atoms with van der Waals surface area (Å²) < 4.78 is 0. The molecule has 1 aliphatic heterocycles. The third-order valence-electron chi connectivity index (χ3n) is 5.33. The first kappa shape index (κ1) is 18.4. The van der Waals surface area contributed by atoms with Crippen molar-refractivity contribution in [3.63, 3.8) is 0 Å².